The van der Waals surface area contributed by atoms with Gasteiger partial charge < -0.3 is 0 Å². The highest BCUT2D eigenvalue weighted by Gasteiger charge is 2.22. The Morgan fingerprint density at radius 1 is 0.957 bits per heavy atom. The van der Waals surface area contributed by atoms with Gasteiger partial charge in [-0.05, 0) is 39.3 Å². The molecule has 0 aliphatic rings. The number of hydrogen-bond acceptors (Lipinski definition) is 0. The highest BCUT2D eigenvalue weighted by atomic mass is 31.1. The van der Waals surface area contributed by atoms with Crippen LogP contribution in [0, 0.1) is 5.92 Å². The van der Waals surface area contributed by atoms with Gasteiger partial charge in [0.1, 0.15) is 0 Å². The van der Waals surface area contributed by atoms with E-state index in [9.17, 15) is 0 Å². The smallest absolute Gasteiger partial charge is 0.0126 e. The van der Waals surface area contributed by atoms with Crippen LogP contribution in [0.4, 0.5) is 0 Å². The normalized spacial score (nSPS) is 14.6. The molecule has 1 heteroatoms. The third-order valence-corrected chi connectivity index (χ3v) is 6.42. The van der Waals surface area contributed by atoms with Gasteiger partial charge in [0.2, 0.25) is 0 Å². The molecule has 2 unspecified atom stereocenters. The van der Waals surface area contributed by atoms with E-state index >= 15 is 0 Å². The van der Waals surface area contributed by atoms with Gasteiger partial charge in [-0.2, -0.15) is 0 Å². The molecule has 0 N–H and O–H groups in total. The summed E-state index contributed by atoms with van der Waals surface area (Å²) in [6.45, 7) is 18.7. The summed E-state index contributed by atoms with van der Waals surface area (Å²) >= 11 is 0. The van der Waals surface area contributed by atoms with E-state index in [1.54, 1.807) is 10.9 Å². The molecule has 0 bridgehead atoms. The highest BCUT2D eigenvalue weighted by molar-refractivity contribution is 7.47. The van der Waals surface area contributed by atoms with Gasteiger partial charge in [-0.15, -0.1) is 0 Å². The van der Waals surface area contributed by atoms with Gasteiger partial charge in [-0.3, -0.25) is 0 Å². The number of hydrogen-bond donors (Lipinski definition) is 0. The fourth-order valence-electron chi connectivity index (χ4n) is 2.98. The Balaban J connectivity index is 2.97. The van der Waals surface area contributed by atoms with E-state index in [1.807, 2.05) is 0 Å². The van der Waals surface area contributed by atoms with Gasteiger partial charge in [-0.25, -0.2) is 0 Å². The lowest BCUT2D eigenvalue weighted by molar-refractivity contribution is 0.498. The Morgan fingerprint density at radius 3 is 2.09 bits per heavy atom. The van der Waals surface area contributed by atoms with Crippen molar-refractivity contribution in [1.82, 2.24) is 0 Å². The molecule has 0 spiro atoms. The summed E-state index contributed by atoms with van der Waals surface area (Å²) in [6, 6.07) is 7.27. The van der Waals surface area contributed by atoms with Crippen LogP contribution in [0.1, 0.15) is 92.2 Å². The maximum absolute atomic E-state index is 2.48. The zero-order chi connectivity index (χ0) is 17.7. The fourth-order valence-corrected chi connectivity index (χ4v) is 4.82. The molecular formula is C22H39P. The van der Waals surface area contributed by atoms with Gasteiger partial charge in [0.05, 0.1) is 0 Å². The maximum Gasteiger partial charge on any atom is -0.0126 e. The first-order valence-electron chi connectivity index (χ1n) is 9.48. The zero-order valence-corrected chi connectivity index (χ0v) is 17.8. The lowest BCUT2D eigenvalue weighted by atomic mass is 9.81. The topological polar surface area (TPSA) is 0 Å². The van der Waals surface area contributed by atoms with Crippen molar-refractivity contribution < 1.29 is 0 Å². The number of benzene rings is 1. The van der Waals surface area contributed by atoms with Crippen LogP contribution in [0.3, 0.4) is 0 Å². The summed E-state index contributed by atoms with van der Waals surface area (Å²) in [6.07, 6.45) is 6.82. The lowest BCUT2D eigenvalue weighted by Crippen LogP contribution is -2.23. The molecule has 132 valence electrons. The molecular weight excluding hydrogens is 295 g/mol. The molecule has 0 amide bonds. The van der Waals surface area contributed by atoms with E-state index in [0.29, 0.717) is 0 Å². The molecule has 0 saturated heterocycles. The largest absolute Gasteiger partial charge is 0.0898 e. The first-order valence-corrected chi connectivity index (χ1v) is 10.7. The summed E-state index contributed by atoms with van der Waals surface area (Å²) in [7, 11) is 0.955. The molecule has 1 rings (SSSR count). The average molecular weight is 335 g/mol. The van der Waals surface area contributed by atoms with Crippen LogP contribution in [-0.4, -0.2) is 6.16 Å². The van der Waals surface area contributed by atoms with Gasteiger partial charge in [-0.1, -0.05) is 108 Å². The van der Waals surface area contributed by atoms with Crippen molar-refractivity contribution in [3.05, 3.63) is 29.3 Å². The van der Waals surface area contributed by atoms with Crippen LogP contribution in [0.15, 0.2) is 18.2 Å². The van der Waals surface area contributed by atoms with Crippen LogP contribution in [0.2, 0.25) is 0 Å². The van der Waals surface area contributed by atoms with Crippen molar-refractivity contribution in [3.8, 4) is 0 Å². The minimum Gasteiger partial charge on any atom is -0.0898 e. The second-order valence-corrected chi connectivity index (χ2v) is 10.4. The molecule has 2 atom stereocenters. The molecule has 0 radical (unpaired) electrons. The molecule has 0 heterocycles. The number of rotatable bonds is 7. The molecule has 1 aromatic carbocycles. The summed E-state index contributed by atoms with van der Waals surface area (Å²) < 4.78 is 0. The monoisotopic (exact) mass is 334 g/mol. The van der Waals surface area contributed by atoms with E-state index in [2.05, 4.69) is 73.6 Å². The molecule has 0 nitrogen and oxygen atoms in total. The molecule has 1 aromatic rings. The van der Waals surface area contributed by atoms with Crippen molar-refractivity contribution in [2.75, 3.05) is 6.16 Å². The lowest BCUT2D eigenvalue weighted by Gasteiger charge is -2.28. The number of unbranched alkanes of at least 4 members (excludes halogenated alkanes) is 1. The fraction of sp³-hybridized carbons (Fsp3) is 0.727. The van der Waals surface area contributed by atoms with Crippen LogP contribution >= 0.6 is 8.58 Å². The molecule has 0 aliphatic carbocycles. The Hall–Kier alpha value is -0.350. The first-order chi connectivity index (χ1) is 10.6. The SMILES string of the molecule is CCCCC(CC)CPc1ccc(C(C)(C)C)cc1C(C)(C)C. The first kappa shape index (κ1) is 20.7. The van der Waals surface area contributed by atoms with Gasteiger partial charge in [0.25, 0.3) is 0 Å². The van der Waals surface area contributed by atoms with Crippen LogP contribution < -0.4 is 5.30 Å². The molecule has 23 heavy (non-hydrogen) atoms. The summed E-state index contributed by atoms with van der Waals surface area (Å²) in [5, 5.41) is 1.60. The summed E-state index contributed by atoms with van der Waals surface area (Å²) in [5.74, 6) is 0.906. The van der Waals surface area contributed by atoms with Gasteiger partial charge >= 0.3 is 0 Å². The van der Waals surface area contributed by atoms with E-state index in [4.69, 9.17) is 0 Å². The quantitative estimate of drug-likeness (QED) is 0.481. The Bertz CT molecular complexity index is 474. The Kier molecular flexibility index (Phi) is 7.79. The van der Waals surface area contributed by atoms with Crippen molar-refractivity contribution in [2.45, 2.75) is 91.9 Å². The second-order valence-electron chi connectivity index (χ2n) is 9.06. The Labute approximate surface area is 147 Å². The van der Waals surface area contributed by atoms with Crippen molar-refractivity contribution >= 4 is 13.9 Å². The van der Waals surface area contributed by atoms with Crippen LogP contribution in [-0.2, 0) is 10.8 Å². The highest BCUT2D eigenvalue weighted by Crippen LogP contribution is 2.32. The van der Waals surface area contributed by atoms with Crippen molar-refractivity contribution in [1.29, 1.82) is 0 Å². The predicted octanol–water partition coefficient (Wildman–Crippen LogP) is 6.80. The minimum atomic E-state index is 0.231. The van der Waals surface area contributed by atoms with Crippen molar-refractivity contribution in [2.24, 2.45) is 5.92 Å². The van der Waals surface area contributed by atoms with E-state index in [0.717, 1.165) is 14.5 Å². The third-order valence-electron chi connectivity index (χ3n) is 4.82. The van der Waals surface area contributed by atoms with Gasteiger partial charge in [0, 0.05) is 0 Å². The standard InChI is InChI=1S/C22H39P/c1-9-11-12-17(10-2)16-23-20-14-13-18(21(3,4)5)15-19(20)22(6,7)8/h13-15,17,23H,9-12,16H2,1-8H3. The maximum atomic E-state index is 2.48. The average Bonchev–Trinajstić information content (AvgIpc) is 2.45. The summed E-state index contributed by atoms with van der Waals surface area (Å²) in [4.78, 5) is 0. The van der Waals surface area contributed by atoms with Gasteiger partial charge in [0.15, 0.2) is 0 Å². The molecule has 0 fully saturated rings. The summed E-state index contributed by atoms with van der Waals surface area (Å²) in [5.41, 5.74) is 3.49. The third kappa shape index (κ3) is 6.58. The van der Waals surface area contributed by atoms with Crippen LogP contribution in [0.5, 0.6) is 0 Å². The molecule has 0 saturated carbocycles. The molecule has 0 aromatic heterocycles. The second kappa shape index (κ2) is 8.66. The van der Waals surface area contributed by atoms with Crippen LogP contribution in [0.25, 0.3) is 0 Å². The van der Waals surface area contributed by atoms with E-state index in [1.165, 1.54) is 37.4 Å². The Morgan fingerprint density at radius 2 is 1.61 bits per heavy atom. The zero-order valence-electron chi connectivity index (χ0n) is 16.8. The van der Waals surface area contributed by atoms with E-state index < -0.39 is 0 Å². The minimum absolute atomic E-state index is 0.231. The molecule has 0 aliphatic heterocycles. The predicted molar refractivity (Wildman–Crippen MR) is 110 cm³/mol. The van der Waals surface area contributed by atoms with Crippen molar-refractivity contribution in [3.63, 3.8) is 0 Å². The van der Waals surface area contributed by atoms with E-state index in [-0.39, 0.29) is 10.8 Å².